The van der Waals surface area contributed by atoms with Crippen LogP contribution in [0.1, 0.15) is 22.2 Å². The molecule has 0 radical (unpaired) electrons. The molecule has 1 aromatic heterocycles. The van der Waals surface area contributed by atoms with Crippen LogP contribution in [0.5, 0.6) is 0 Å². The third kappa shape index (κ3) is 2.34. The Morgan fingerprint density at radius 2 is 2.31 bits per heavy atom. The zero-order valence-electron chi connectivity index (χ0n) is 8.92. The van der Waals surface area contributed by atoms with Crippen molar-refractivity contribution < 1.29 is 19.7 Å². The monoisotopic (exact) mass is 248 g/mol. The number of methoxy groups -OCH3 is 1. The fourth-order valence-corrected chi connectivity index (χ4v) is 1.48. The number of halogens is 1. The zero-order valence-corrected chi connectivity index (χ0v) is 9.68. The van der Waals surface area contributed by atoms with E-state index in [2.05, 4.69) is 9.84 Å². The molecule has 2 unspecified atom stereocenters. The van der Waals surface area contributed by atoms with E-state index in [1.54, 1.807) is 0 Å². The number of esters is 1. The Morgan fingerprint density at radius 3 is 2.81 bits per heavy atom. The third-order valence-corrected chi connectivity index (χ3v) is 2.50. The van der Waals surface area contributed by atoms with Crippen molar-refractivity contribution in [1.29, 1.82) is 0 Å². The van der Waals surface area contributed by atoms with Gasteiger partial charge in [0, 0.05) is 12.6 Å². The molecule has 2 N–H and O–H groups in total. The van der Waals surface area contributed by atoms with Crippen LogP contribution in [0, 0.1) is 0 Å². The molecule has 0 fully saturated rings. The van der Waals surface area contributed by atoms with Crippen molar-refractivity contribution in [2.24, 2.45) is 7.05 Å². The minimum absolute atomic E-state index is 0.0965. The molecule has 0 aliphatic rings. The summed E-state index contributed by atoms with van der Waals surface area (Å²) in [5.74, 6) is -0.771. The van der Waals surface area contributed by atoms with Crippen molar-refractivity contribution in [1.82, 2.24) is 9.78 Å². The van der Waals surface area contributed by atoms with Crippen molar-refractivity contribution in [3.05, 3.63) is 17.5 Å². The van der Waals surface area contributed by atoms with Gasteiger partial charge in [0.05, 0.1) is 25.3 Å². The molecule has 0 aromatic carbocycles. The van der Waals surface area contributed by atoms with Gasteiger partial charge in [-0.25, -0.2) is 4.79 Å². The molecule has 0 saturated carbocycles. The van der Waals surface area contributed by atoms with E-state index < -0.39 is 18.2 Å². The smallest absolute Gasteiger partial charge is 0.356 e. The SMILES string of the molecule is COC(=O)c1c(C(O)C(O)CCl)cnn1C. The largest absolute Gasteiger partial charge is 0.464 e. The lowest BCUT2D eigenvalue weighted by molar-refractivity contribution is 0.0305. The van der Waals surface area contributed by atoms with E-state index in [-0.39, 0.29) is 17.1 Å². The van der Waals surface area contributed by atoms with Gasteiger partial charge in [0.25, 0.3) is 0 Å². The molecule has 0 amide bonds. The number of aliphatic hydroxyl groups excluding tert-OH is 2. The maximum atomic E-state index is 11.4. The molecule has 16 heavy (non-hydrogen) atoms. The summed E-state index contributed by atoms with van der Waals surface area (Å²) in [6, 6.07) is 0. The van der Waals surface area contributed by atoms with E-state index in [1.807, 2.05) is 0 Å². The first kappa shape index (κ1) is 13.0. The summed E-state index contributed by atoms with van der Waals surface area (Å²) >= 11 is 5.42. The predicted molar refractivity (Wildman–Crippen MR) is 56.2 cm³/mol. The van der Waals surface area contributed by atoms with E-state index in [0.29, 0.717) is 0 Å². The standard InChI is InChI=1S/C9H13ClN2O4/c1-12-7(9(15)16-2)5(4-11-12)8(14)6(13)3-10/h4,6,8,13-14H,3H2,1-2H3. The summed E-state index contributed by atoms with van der Waals surface area (Å²) < 4.78 is 5.82. The molecule has 7 heteroatoms. The van der Waals surface area contributed by atoms with Crippen LogP contribution in [-0.4, -0.2) is 45.1 Å². The zero-order chi connectivity index (χ0) is 12.3. The Bertz CT molecular complexity index is 380. The minimum atomic E-state index is -1.26. The number of aliphatic hydroxyl groups is 2. The second kappa shape index (κ2) is 5.29. The van der Waals surface area contributed by atoms with E-state index >= 15 is 0 Å². The van der Waals surface area contributed by atoms with Gasteiger partial charge in [-0.15, -0.1) is 11.6 Å². The summed E-state index contributed by atoms with van der Waals surface area (Å²) in [7, 11) is 2.76. The number of carbonyl (C=O) groups excluding carboxylic acids is 1. The Labute approximate surface area is 97.4 Å². The van der Waals surface area contributed by atoms with Gasteiger partial charge in [-0.05, 0) is 0 Å². The summed E-state index contributed by atoms with van der Waals surface area (Å²) in [4.78, 5) is 11.4. The van der Waals surface area contributed by atoms with Crippen LogP contribution in [0.4, 0.5) is 0 Å². The lowest BCUT2D eigenvalue weighted by Gasteiger charge is -2.15. The highest BCUT2D eigenvalue weighted by molar-refractivity contribution is 6.18. The molecular formula is C9H13ClN2O4. The fourth-order valence-electron chi connectivity index (χ4n) is 1.31. The van der Waals surface area contributed by atoms with Gasteiger partial charge in [-0.1, -0.05) is 0 Å². The van der Waals surface area contributed by atoms with Crippen molar-refractivity contribution >= 4 is 17.6 Å². The highest BCUT2D eigenvalue weighted by atomic mass is 35.5. The first-order valence-corrected chi connectivity index (χ1v) is 5.08. The van der Waals surface area contributed by atoms with Crippen molar-refractivity contribution in [3.63, 3.8) is 0 Å². The van der Waals surface area contributed by atoms with Crippen molar-refractivity contribution in [3.8, 4) is 0 Å². The number of ether oxygens (including phenoxy) is 1. The molecule has 0 aliphatic carbocycles. The number of carbonyl (C=O) groups is 1. The van der Waals surface area contributed by atoms with Crippen LogP contribution in [0.3, 0.4) is 0 Å². The van der Waals surface area contributed by atoms with Crippen LogP contribution < -0.4 is 0 Å². The van der Waals surface area contributed by atoms with Gasteiger partial charge in [0.15, 0.2) is 5.69 Å². The number of aryl methyl sites for hydroxylation is 1. The van der Waals surface area contributed by atoms with Crippen LogP contribution in [-0.2, 0) is 11.8 Å². The number of nitrogens with zero attached hydrogens (tertiary/aromatic N) is 2. The lowest BCUT2D eigenvalue weighted by atomic mass is 10.1. The molecule has 2 atom stereocenters. The van der Waals surface area contributed by atoms with E-state index in [0.717, 1.165) is 0 Å². The van der Waals surface area contributed by atoms with Gasteiger partial charge >= 0.3 is 5.97 Å². The number of hydrogen-bond donors (Lipinski definition) is 2. The van der Waals surface area contributed by atoms with Gasteiger partial charge in [-0.3, -0.25) is 4.68 Å². The van der Waals surface area contributed by atoms with E-state index in [1.165, 1.54) is 25.0 Å². The van der Waals surface area contributed by atoms with Crippen molar-refractivity contribution in [2.75, 3.05) is 13.0 Å². The van der Waals surface area contributed by atoms with Crippen LogP contribution in [0.15, 0.2) is 6.20 Å². The molecular weight excluding hydrogens is 236 g/mol. The Balaban J connectivity index is 3.09. The molecule has 6 nitrogen and oxygen atoms in total. The summed E-state index contributed by atoms with van der Waals surface area (Å²) in [5, 5.41) is 23.0. The molecule has 0 saturated heterocycles. The number of rotatable bonds is 4. The predicted octanol–water partition coefficient (Wildman–Crippen LogP) is -0.160. The fraction of sp³-hybridized carbons (Fsp3) is 0.556. The molecule has 0 bridgehead atoms. The number of aromatic nitrogens is 2. The number of hydrogen-bond acceptors (Lipinski definition) is 5. The normalized spacial score (nSPS) is 14.6. The molecule has 0 aliphatic heterocycles. The molecule has 1 aromatic rings. The van der Waals surface area contributed by atoms with Gasteiger partial charge in [0.2, 0.25) is 0 Å². The second-order valence-electron chi connectivity index (χ2n) is 3.23. The summed E-state index contributed by atoms with van der Waals surface area (Å²) in [6.45, 7) is 0. The molecule has 0 spiro atoms. The molecule has 1 heterocycles. The quantitative estimate of drug-likeness (QED) is 0.571. The average molecular weight is 249 g/mol. The average Bonchev–Trinajstić information content (AvgIpc) is 2.68. The molecule has 1 rings (SSSR count). The topological polar surface area (TPSA) is 84.6 Å². The maximum absolute atomic E-state index is 11.4. The van der Waals surface area contributed by atoms with E-state index in [9.17, 15) is 15.0 Å². The first-order valence-electron chi connectivity index (χ1n) is 4.55. The lowest BCUT2D eigenvalue weighted by Crippen LogP contribution is -2.22. The Hall–Kier alpha value is -1.11. The Kier molecular flexibility index (Phi) is 4.28. The van der Waals surface area contributed by atoms with Gasteiger partial charge in [0.1, 0.15) is 6.10 Å². The highest BCUT2D eigenvalue weighted by Gasteiger charge is 2.27. The van der Waals surface area contributed by atoms with Crippen molar-refractivity contribution in [2.45, 2.75) is 12.2 Å². The summed E-state index contributed by atoms with van der Waals surface area (Å²) in [6.07, 6.45) is -1.12. The second-order valence-corrected chi connectivity index (χ2v) is 3.54. The highest BCUT2D eigenvalue weighted by Crippen LogP contribution is 2.21. The van der Waals surface area contributed by atoms with Crippen LogP contribution in [0.25, 0.3) is 0 Å². The third-order valence-electron chi connectivity index (χ3n) is 2.19. The Morgan fingerprint density at radius 1 is 1.69 bits per heavy atom. The molecule has 90 valence electrons. The van der Waals surface area contributed by atoms with E-state index in [4.69, 9.17) is 11.6 Å². The first-order chi connectivity index (χ1) is 7.52. The minimum Gasteiger partial charge on any atom is -0.464 e. The van der Waals surface area contributed by atoms with Gasteiger partial charge < -0.3 is 14.9 Å². The summed E-state index contributed by atoms with van der Waals surface area (Å²) in [5.41, 5.74) is 0.293. The maximum Gasteiger partial charge on any atom is 0.356 e. The van der Waals surface area contributed by atoms with Gasteiger partial charge in [-0.2, -0.15) is 5.10 Å². The van der Waals surface area contributed by atoms with Crippen LogP contribution in [0.2, 0.25) is 0 Å². The van der Waals surface area contributed by atoms with Crippen LogP contribution >= 0.6 is 11.6 Å². The number of alkyl halides is 1.